The van der Waals surface area contributed by atoms with E-state index in [2.05, 4.69) is 9.88 Å². The third-order valence-corrected chi connectivity index (χ3v) is 5.24. The van der Waals surface area contributed by atoms with E-state index in [1.54, 1.807) is 0 Å². The molecule has 0 spiro atoms. The lowest BCUT2D eigenvalue weighted by Gasteiger charge is -2.18. The number of rotatable bonds is 8. The molecule has 29 heavy (non-hydrogen) atoms. The van der Waals surface area contributed by atoms with Gasteiger partial charge in [-0.05, 0) is 42.5 Å². The molecule has 2 aromatic carbocycles. The standard InChI is InChI=1S/C22H25N3O4/c26-14-17-9-10-20(29-17)25-19-7-2-1-6-18(19)24-22(25)23-13-16-5-3-4-15(12-16)8-11-21(27)28/h1-7,12,17,20,26H,8-11,13-14H2,(H,23,24)(H,27,28)/t17-,20+/m0/s1. The van der Waals surface area contributed by atoms with Crippen molar-refractivity contribution in [2.75, 3.05) is 11.9 Å². The van der Waals surface area contributed by atoms with Crippen molar-refractivity contribution in [3.05, 3.63) is 59.7 Å². The number of nitrogens with one attached hydrogen (secondary N) is 1. The molecule has 1 saturated heterocycles. The van der Waals surface area contributed by atoms with Crippen LogP contribution >= 0.6 is 0 Å². The highest BCUT2D eigenvalue weighted by Gasteiger charge is 2.29. The van der Waals surface area contributed by atoms with E-state index in [0.717, 1.165) is 41.0 Å². The predicted molar refractivity (Wildman–Crippen MR) is 110 cm³/mol. The van der Waals surface area contributed by atoms with Crippen molar-refractivity contribution in [3.8, 4) is 0 Å². The van der Waals surface area contributed by atoms with Gasteiger partial charge in [-0.2, -0.15) is 0 Å². The zero-order chi connectivity index (χ0) is 20.2. The maximum atomic E-state index is 10.8. The largest absolute Gasteiger partial charge is 0.481 e. The fourth-order valence-corrected chi connectivity index (χ4v) is 3.80. The molecule has 0 saturated carbocycles. The molecule has 1 aliphatic rings. The molecule has 2 atom stereocenters. The molecule has 0 aliphatic carbocycles. The van der Waals surface area contributed by atoms with Gasteiger partial charge in [0.05, 0.1) is 23.7 Å². The van der Waals surface area contributed by atoms with E-state index >= 15 is 0 Å². The van der Waals surface area contributed by atoms with Gasteiger partial charge in [0.1, 0.15) is 6.23 Å². The summed E-state index contributed by atoms with van der Waals surface area (Å²) < 4.78 is 8.08. The number of para-hydroxylation sites is 2. The third-order valence-electron chi connectivity index (χ3n) is 5.24. The number of fused-ring (bicyclic) bond motifs is 1. The minimum atomic E-state index is -0.792. The first kappa shape index (κ1) is 19.4. The van der Waals surface area contributed by atoms with Crippen molar-refractivity contribution in [2.24, 2.45) is 0 Å². The minimum Gasteiger partial charge on any atom is -0.481 e. The summed E-state index contributed by atoms with van der Waals surface area (Å²) in [6.07, 6.45) is 1.98. The zero-order valence-corrected chi connectivity index (χ0v) is 16.1. The molecule has 1 aliphatic heterocycles. The molecule has 2 heterocycles. The van der Waals surface area contributed by atoms with Crippen molar-refractivity contribution in [3.63, 3.8) is 0 Å². The second-order valence-corrected chi connectivity index (χ2v) is 7.33. The van der Waals surface area contributed by atoms with Crippen LogP contribution in [0.1, 0.15) is 36.6 Å². The quantitative estimate of drug-likeness (QED) is 0.541. The maximum Gasteiger partial charge on any atom is 0.303 e. The number of carboxylic acids is 1. The highest BCUT2D eigenvalue weighted by atomic mass is 16.5. The number of imidazole rings is 1. The molecule has 1 aromatic heterocycles. The van der Waals surface area contributed by atoms with Crippen LogP contribution in [0, 0.1) is 0 Å². The predicted octanol–water partition coefficient (Wildman–Crippen LogP) is 3.34. The summed E-state index contributed by atoms with van der Waals surface area (Å²) in [5, 5.41) is 21.7. The molecule has 0 bridgehead atoms. The number of aliphatic hydroxyl groups excluding tert-OH is 1. The number of carbonyl (C=O) groups is 1. The molecule has 1 fully saturated rings. The van der Waals surface area contributed by atoms with Gasteiger partial charge in [-0.15, -0.1) is 0 Å². The first-order valence-electron chi connectivity index (χ1n) is 9.91. The van der Waals surface area contributed by atoms with Crippen LogP contribution in [0.2, 0.25) is 0 Å². The van der Waals surface area contributed by atoms with Crippen molar-refractivity contribution >= 4 is 23.0 Å². The molecule has 3 N–H and O–H groups in total. The van der Waals surface area contributed by atoms with Gasteiger partial charge >= 0.3 is 5.97 Å². The maximum absolute atomic E-state index is 10.8. The number of nitrogens with zero attached hydrogens (tertiary/aromatic N) is 2. The SMILES string of the molecule is O=C(O)CCc1cccc(CNc2nc3ccccc3n2[C@H]2CC[C@@H](CO)O2)c1. The van der Waals surface area contributed by atoms with Crippen LogP contribution in [-0.2, 0) is 22.5 Å². The second-order valence-electron chi connectivity index (χ2n) is 7.33. The summed E-state index contributed by atoms with van der Waals surface area (Å²) in [4.78, 5) is 15.5. The zero-order valence-electron chi connectivity index (χ0n) is 16.1. The first-order chi connectivity index (χ1) is 14.1. The van der Waals surface area contributed by atoms with Gasteiger partial charge in [0.2, 0.25) is 5.95 Å². The molecule has 7 heteroatoms. The van der Waals surface area contributed by atoms with Gasteiger partial charge < -0.3 is 20.3 Å². The van der Waals surface area contributed by atoms with Crippen LogP contribution in [0.4, 0.5) is 5.95 Å². The van der Waals surface area contributed by atoms with Crippen molar-refractivity contribution < 1.29 is 19.7 Å². The summed E-state index contributed by atoms with van der Waals surface area (Å²) in [6, 6.07) is 15.9. The number of aliphatic carboxylic acids is 1. The lowest BCUT2D eigenvalue weighted by Crippen LogP contribution is -2.16. The summed E-state index contributed by atoms with van der Waals surface area (Å²) in [5.74, 6) is -0.0641. The van der Waals surface area contributed by atoms with Crippen LogP contribution in [-0.4, -0.2) is 38.4 Å². The molecule has 0 unspecified atom stereocenters. The number of ether oxygens (including phenoxy) is 1. The van der Waals surface area contributed by atoms with E-state index in [1.165, 1.54) is 0 Å². The van der Waals surface area contributed by atoms with Gasteiger partial charge in [-0.1, -0.05) is 36.4 Å². The second kappa shape index (κ2) is 8.63. The first-order valence-corrected chi connectivity index (χ1v) is 9.91. The number of anilines is 1. The number of hydrogen-bond acceptors (Lipinski definition) is 5. The number of aryl methyl sites for hydroxylation is 1. The Morgan fingerprint density at radius 1 is 1.17 bits per heavy atom. The van der Waals surface area contributed by atoms with Crippen molar-refractivity contribution in [1.82, 2.24) is 9.55 Å². The van der Waals surface area contributed by atoms with Crippen LogP contribution in [0.5, 0.6) is 0 Å². The van der Waals surface area contributed by atoms with Gasteiger partial charge in [-0.25, -0.2) is 4.98 Å². The van der Waals surface area contributed by atoms with Crippen molar-refractivity contribution in [2.45, 2.75) is 44.6 Å². The smallest absolute Gasteiger partial charge is 0.303 e. The monoisotopic (exact) mass is 395 g/mol. The molecule has 152 valence electrons. The Kier molecular flexibility index (Phi) is 5.78. The summed E-state index contributed by atoms with van der Waals surface area (Å²) in [6.45, 7) is 0.593. The van der Waals surface area contributed by atoms with Crippen LogP contribution in [0.25, 0.3) is 11.0 Å². The van der Waals surface area contributed by atoms with Gasteiger partial charge in [-0.3, -0.25) is 9.36 Å². The third kappa shape index (κ3) is 4.41. The van der Waals surface area contributed by atoms with E-state index in [1.807, 2.05) is 48.5 Å². The van der Waals surface area contributed by atoms with Gasteiger partial charge in [0, 0.05) is 13.0 Å². The molecule has 0 amide bonds. The number of benzene rings is 2. The molecule has 0 radical (unpaired) electrons. The average Bonchev–Trinajstić information content (AvgIpc) is 3.34. The molecule has 3 aromatic rings. The van der Waals surface area contributed by atoms with E-state index in [9.17, 15) is 9.90 Å². The van der Waals surface area contributed by atoms with Gasteiger partial charge in [0.15, 0.2) is 0 Å². The Morgan fingerprint density at radius 2 is 2.00 bits per heavy atom. The van der Waals surface area contributed by atoms with Gasteiger partial charge in [0.25, 0.3) is 0 Å². The Labute approximate surface area is 169 Å². The number of hydrogen-bond donors (Lipinski definition) is 3. The Balaban J connectivity index is 1.54. The summed E-state index contributed by atoms with van der Waals surface area (Å²) in [5.41, 5.74) is 3.95. The summed E-state index contributed by atoms with van der Waals surface area (Å²) >= 11 is 0. The van der Waals surface area contributed by atoms with E-state index in [0.29, 0.717) is 13.0 Å². The van der Waals surface area contributed by atoms with Crippen LogP contribution in [0.15, 0.2) is 48.5 Å². The fourth-order valence-electron chi connectivity index (χ4n) is 3.80. The highest BCUT2D eigenvalue weighted by molar-refractivity contribution is 5.78. The topological polar surface area (TPSA) is 96.6 Å². The van der Waals surface area contributed by atoms with Crippen LogP contribution < -0.4 is 5.32 Å². The lowest BCUT2D eigenvalue weighted by molar-refractivity contribution is -0.136. The van der Waals surface area contributed by atoms with E-state index in [-0.39, 0.29) is 25.4 Å². The minimum absolute atomic E-state index is 0.0228. The lowest BCUT2D eigenvalue weighted by atomic mass is 10.1. The molecule has 4 rings (SSSR count). The number of carboxylic acid groups (broad SMARTS) is 1. The summed E-state index contributed by atoms with van der Waals surface area (Å²) in [7, 11) is 0. The Morgan fingerprint density at radius 3 is 2.79 bits per heavy atom. The molecular formula is C22H25N3O4. The normalized spacial score (nSPS) is 18.9. The fraction of sp³-hybridized carbons (Fsp3) is 0.364. The number of aliphatic hydroxyl groups is 1. The van der Waals surface area contributed by atoms with Crippen molar-refractivity contribution in [1.29, 1.82) is 0 Å². The highest BCUT2D eigenvalue weighted by Crippen LogP contribution is 2.34. The van der Waals surface area contributed by atoms with Crippen LogP contribution in [0.3, 0.4) is 0 Å². The number of aromatic nitrogens is 2. The van der Waals surface area contributed by atoms with E-state index < -0.39 is 5.97 Å². The Hall–Kier alpha value is -2.90. The molecular weight excluding hydrogens is 370 g/mol. The Bertz CT molecular complexity index is 1000. The average molecular weight is 395 g/mol. The molecule has 7 nitrogen and oxygen atoms in total. The van der Waals surface area contributed by atoms with E-state index in [4.69, 9.17) is 14.8 Å².